The Balaban J connectivity index is 1.68. The molecule has 1 amide bonds. The quantitative estimate of drug-likeness (QED) is 0.388. The molecule has 2 heterocycles. The fraction of sp³-hybridized carbons (Fsp3) is 0.0500. The summed E-state index contributed by atoms with van der Waals surface area (Å²) in [5.74, 6) is -0.220. The van der Waals surface area contributed by atoms with Crippen molar-refractivity contribution in [1.29, 1.82) is 0 Å². The second-order valence-electron chi connectivity index (χ2n) is 6.30. The summed E-state index contributed by atoms with van der Waals surface area (Å²) in [6.07, 6.45) is 4.98. The summed E-state index contributed by atoms with van der Waals surface area (Å²) in [4.78, 5) is 22.9. The van der Waals surface area contributed by atoms with Gasteiger partial charge >= 0.3 is 0 Å². The van der Waals surface area contributed by atoms with E-state index in [0.717, 1.165) is 5.69 Å². The Morgan fingerprint density at radius 3 is 2.55 bits per heavy atom. The highest BCUT2D eigenvalue weighted by molar-refractivity contribution is 5.93. The first-order valence-electron chi connectivity index (χ1n) is 8.77. The number of carbonyl (C=O) groups excluding carboxylic acids is 1. The van der Waals surface area contributed by atoms with Gasteiger partial charge in [-0.25, -0.2) is 4.68 Å². The van der Waals surface area contributed by atoms with Crippen molar-refractivity contribution in [2.75, 3.05) is 5.32 Å². The van der Waals surface area contributed by atoms with E-state index < -0.39 is 4.92 Å². The molecule has 144 valence electrons. The van der Waals surface area contributed by atoms with Crippen molar-refractivity contribution in [2.45, 2.75) is 6.42 Å². The Kier molecular flexibility index (Phi) is 4.85. The molecule has 0 aliphatic rings. The van der Waals surface area contributed by atoms with Crippen molar-refractivity contribution in [3.8, 4) is 16.9 Å². The number of H-pyrrole nitrogens is 1. The summed E-state index contributed by atoms with van der Waals surface area (Å²) in [5, 5.41) is 24.8. The largest absolute Gasteiger partial charge is 0.323 e. The van der Waals surface area contributed by atoms with Gasteiger partial charge in [0.15, 0.2) is 0 Å². The molecule has 9 nitrogen and oxygen atoms in total. The number of non-ortho nitro benzene ring substituents is 1. The number of amides is 1. The van der Waals surface area contributed by atoms with Gasteiger partial charge in [-0.1, -0.05) is 18.2 Å². The smallest absolute Gasteiger partial charge is 0.269 e. The van der Waals surface area contributed by atoms with Crippen molar-refractivity contribution in [2.24, 2.45) is 0 Å². The van der Waals surface area contributed by atoms with Crippen molar-refractivity contribution in [1.82, 2.24) is 20.0 Å². The van der Waals surface area contributed by atoms with Crippen LogP contribution in [0.1, 0.15) is 5.56 Å². The number of aromatic nitrogens is 4. The van der Waals surface area contributed by atoms with Gasteiger partial charge < -0.3 is 5.32 Å². The van der Waals surface area contributed by atoms with Crippen LogP contribution in [0.5, 0.6) is 0 Å². The summed E-state index contributed by atoms with van der Waals surface area (Å²) in [7, 11) is 0. The fourth-order valence-electron chi connectivity index (χ4n) is 2.93. The summed E-state index contributed by atoms with van der Waals surface area (Å²) in [6, 6.07) is 15.6. The number of aromatic amines is 1. The summed E-state index contributed by atoms with van der Waals surface area (Å²) in [5.41, 5.74) is 3.39. The lowest BCUT2D eigenvalue weighted by Gasteiger charge is -2.03. The molecular weight excluding hydrogens is 372 g/mol. The van der Waals surface area contributed by atoms with Crippen molar-refractivity contribution in [3.05, 3.63) is 88.9 Å². The van der Waals surface area contributed by atoms with Crippen molar-refractivity contribution >= 4 is 17.3 Å². The SMILES string of the molecule is O=C(Cc1cn(-c2ccccc2)nc1-c1ccc([N+](=O)[O-])cc1)Nc1cn[nH]c1. The summed E-state index contributed by atoms with van der Waals surface area (Å²) < 4.78 is 1.69. The zero-order valence-electron chi connectivity index (χ0n) is 15.1. The molecule has 0 bridgehead atoms. The minimum Gasteiger partial charge on any atom is -0.323 e. The number of hydrogen-bond donors (Lipinski definition) is 2. The highest BCUT2D eigenvalue weighted by Gasteiger charge is 2.17. The number of nitrogens with zero attached hydrogens (tertiary/aromatic N) is 4. The predicted molar refractivity (Wildman–Crippen MR) is 107 cm³/mol. The highest BCUT2D eigenvalue weighted by atomic mass is 16.6. The van der Waals surface area contributed by atoms with E-state index >= 15 is 0 Å². The minimum absolute atomic E-state index is 0.00417. The molecule has 9 heteroatoms. The van der Waals surface area contributed by atoms with Gasteiger partial charge in [0.05, 0.1) is 34.6 Å². The average molecular weight is 388 g/mol. The maximum absolute atomic E-state index is 12.5. The third kappa shape index (κ3) is 4.03. The number of rotatable bonds is 6. The lowest BCUT2D eigenvalue weighted by molar-refractivity contribution is -0.384. The monoisotopic (exact) mass is 388 g/mol. The van der Waals surface area contributed by atoms with Gasteiger partial charge in [-0.3, -0.25) is 20.0 Å². The summed E-state index contributed by atoms with van der Waals surface area (Å²) in [6.45, 7) is 0. The van der Waals surface area contributed by atoms with Crippen molar-refractivity contribution < 1.29 is 9.72 Å². The zero-order chi connectivity index (χ0) is 20.2. The first-order valence-corrected chi connectivity index (χ1v) is 8.77. The van der Waals surface area contributed by atoms with Crippen LogP contribution in [-0.4, -0.2) is 30.8 Å². The predicted octanol–water partition coefficient (Wildman–Crippen LogP) is 3.35. The van der Waals surface area contributed by atoms with Gasteiger partial charge in [0.1, 0.15) is 0 Å². The molecule has 0 saturated carbocycles. The standard InChI is InChI=1S/C20H16N6O3/c27-19(23-16-11-21-22-12-16)10-15-13-25(17-4-2-1-3-5-17)24-20(15)14-6-8-18(9-7-14)26(28)29/h1-9,11-13H,10H2,(H,21,22)(H,23,27). The van der Waals surface area contributed by atoms with Crippen LogP contribution in [0, 0.1) is 10.1 Å². The van der Waals surface area contributed by atoms with E-state index in [0.29, 0.717) is 22.5 Å². The fourth-order valence-corrected chi connectivity index (χ4v) is 2.93. The van der Waals surface area contributed by atoms with Gasteiger partial charge in [-0.05, 0) is 24.3 Å². The van der Waals surface area contributed by atoms with Gasteiger partial charge in [-0.2, -0.15) is 10.2 Å². The molecule has 0 spiro atoms. The van der Waals surface area contributed by atoms with E-state index in [-0.39, 0.29) is 18.0 Å². The van der Waals surface area contributed by atoms with Crippen LogP contribution < -0.4 is 5.32 Å². The number of hydrogen-bond acceptors (Lipinski definition) is 5. The van der Waals surface area contributed by atoms with Crippen LogP contribution in [0.15, 0.2) is 73.2 Å². The molecular formula is C20H16N6O3. The molecule has 0 radical (unpaired) electrons. The first kappa shape index (κ1) is 18.1. The van der Waals surface area contributed by atoms with Crippen LogP contribution in [0.4, 0.5) is 11.4 Å². The number of nitro groups is 1. The highest BCUT2D eigenvalue weighted by Crippen LogP contribution is 2.26. The third-order valence-corrected chi connectivity index (χ3v) is 4.30. The van der Waals surface area contributed by atoms with Crippen LogP contribution in [0.2, 0.25) is 0 Å². The molecule has 2 aromatic heterocycles. The molecule has 2 N–H and O–H groups in total. The first-order chi connectivity index (χ1) is 14.1. The van der Waals surface area contributed by atoms with E-state index in [2.05, 4.69) is 20.6 Å². The Hall–Kier alpha value is -4.27. The Bertz CT molecular complexity index is 1130. The van der Waals surface area contributed by atoms with Gasteiger partial charge in [0, 0.05) is 35.7 Å². The Morgan fingerprint density at radius 1 is 1.14 bits per heavy atom. The maximum atomic E-state index is 12.5. The molecule has 0 atom stereocenters. The van der Waals surface area contributed by atoms with Gasteiger partial charge in [0.25, 0.3) is 5.69 Å². The number of nitrogens with one attached hydrogen (secondary N) is 2. The van der Waals surface area contributed by atoms with Crippen LogP contribution in [0.25, 0.3) is 16.9 Å². The van der Waals surface area contributed by atoms with Crippen LogP contribution in [0.3, 0.4) is 0 Å². The number of nitro benzene ring substituents is 1. The topological polar surface area (TPSA) is 119 Å². The minimum atomic E-state index is -0.453. The molecule has 0 fully saturated rings. The van der Waals surface area contributed by atoms with Crippen molar-refractivity contribution in [3.63, 3.8) is 0 Å². The maximum Gasteiger partial charge on any atom is 0.269 e. The normalized spacial score (nSPS) is 10.6. The number of para-hydroxylation sites is 1. The number of benzene rings is 2. The van der Waals surface area contributed by atoms with Gasteiger partial charge in [-0.15, -0.1) is 0 Å². The third-order valence-electron chi connectivity index (χ3n) is 4.30. The van der Waals surface area contributed by atoms with Gasteiger partial charge in [0.2, 0.25) is 5.91 Å². The average Bonchev–Trinajstić information content (AvgIpc) is 3.39. The lowest BCUT2D eigenvalue weighted by Crippen LogP contribution is -2.14. The molecule has 2 aromatic carbocycles. The molecule has 0 unspecified atom stereocenters. The number of anilines is 1. The Morgan fingerprint density at radius 2 is 1.90 bits per heavy atom. The van der Waals surface area contributed by atoms with Crippen LogP contribution >= 0.6 is 0 Å². The van der Waals surface area contributed by atoms with E-state index in [4.69, 9.17) is 0 Å². The molecule has 0 saturated heterocycles. The lowest BCUT2D eigenvalue weighted by atomic mass is 10.1. The van der Waals surface area contributed by atoms with E-state index in [9.17, 15) is 14.9 Å². The summed E-state index contributed by atoms with van der Waals surface area (Å²) >= 11 is 0. The van der Waals surface area contributed by atoms with E-state index in [1.165, 1.54) is 18.3 Å². The van der Waals surface area contributed by atoms with E-state index in [1.807, 2.05) is 30.3 Å². The number of carbonyl (C=O) groups is 1. The second-order valence-corrected chi connectivity index (χ2v) is 6.30. The zero-order valence-corrected chi connectivity index (χ0v) is 15.1. The molecule has 0 aliphatic heterocycles. The van der Waals surface area contributed by atoms with E-state index in [1.54, 1.807) is 29.2 Å². The van der Waals surface area contributed by atoms with Crippen LogP contribution in [-0.2, 0) is 11.2 Å². The Labute approximate surface area is 165 Å². The molecule has 4 aromatic rings. The molecule has 29 heavy (non-hydrogen) atoms. The molecule has 4 rings (SSSR count). The second kappa shape index (κ2) is 7.77. The molecule has 0 aliphatic carbocycles.